The number of carbonyl (C=O) groups is 1. The molecular weight excluding hydrogens is 206 g/mol. The number of phenolic OH excluding ortho intramolecular Hbond substituents is 1. The van der Waals surface area contributed by atoms with Crippen LogP contribution in [0, 0.1) is 0 Å². The number of nitrogens with one attached hydrogen (secondary N) is 1. The van der Waals surface area contributed by atoms with Gasteiger partial charge in [-0.1, -0.05) is 12.1 Å². The van der Waals surface area contributed by atoms with Gasteiger partial charge in [0.2, 0.25) is 0 Å². The largest absolute Gasteiger partial charge is 0.508 e. The molecule has 0 saturated carbocycles. The molecule has 0 aromatic heterocycles. The third-order valence-electron chi connectivity index (χ3n) is 2.07. The Kier molecular flexibility index (Phi) is 4.32. The molecule has 0 saturated heterocycles. The number of hydrogen-bond donors (Lipinski definition) is 3. The van der Waals surface area contributed by atoms with E-state index in [1.54, 1.807) is 12.1 Å². The highest BCUT2D eigenvalue weighted by Gasteiger charge is 1.97. The zero-order valence-electron chi connectivity index (χ0n) is 9.10. The summed E-state index contributed by atoms with van der Waals surface area (Å²) in [5.41, 5.74) is 8.96. The minimum absolute atomic E-state index is 0.254. The van der Waals surface area contributed by atoms with E-state index in [9.17, 15) is 4.79 Å². The Balaban J connectivity index is 2.42. The van der Waals surface area contributed by atoms with Crippen LogP contribution < -0.4 is 11.2 Å². The lowest BCUT2D eigenvalue weighted by Gasteiger charge is -2.02. The summed E-state index contributed by atoms with van der Waals surface area (Å²) in [6, 6.07) is 6.32. The molecule has 1 aromatic carbocycles. The Bertz CT molecular complexity index is 385. The Labute approximate surface area is 94.0 Å². The van der Waals surface area contributed by atoms with Crippen LogP contribution in [-0.2, 0) is 6.42 Å². The van der Waals surface area contributed by atoms with E-state index in [1.807, 2.05) is 19.1 Å². The van der Waals surface area contributed by atoms with Crippen LogP contribution in [-0.4, -0.2) is 16.8 Å². The molecule has 4 N–H and O–H groups in total. The fourth-order valence-electron chi connectivity index (χ4n) is 1.19. The molecular formula is C11H15N3O2. The second-order valence-corrected chi connectivity index (χ2v) is 3.49. The molecule has 0 heterocycles. The highest BCUT2D eigenvalue weighted by atomic mass is 16.3. The minimum atomic E-state index is -0.663. The number of amides is 2. The van der Waals surface area contributed by atoms with Gasteiger partial charge >= 0.3 is 6.03 Å². The molecule has 1 aromatic rings. The number of nitrogens with zero attached hydrogens (tertiary/aromatic N) is 1. The Morgan fingerprint density at radius 2 is 2.06 bits per heavy atom. The molecule has 0 unspecified atom stereocenters. The summed E-state index contributed by atoms with van der Waals surface area (Å²) < 4.78 is 0. The molecule has 5 heteroatoms. The quantitative estimate of drug-likeness (QED) is 0.529. The number of hydrogen-bond acceptors (Lipinski definition) is 3. The minimum Gasteiger partial charge on any atom is -0.508 e. The van der Waals surface area contributed by atoms with Crippen molar-refractivity contribution >= 4 is 11.7 Å². The number of nitrogens with two attached hydrogens (primary N) is 1. The first-order valence-electron chi connectivity index (χ1n) is 4.94. The molecule has 0 fully saturated rings. The van der Waals surface area contributed by atoms with Crippen LogP contribution in [0.25, 0.3) is 0 Å². The summed E-state index contributed by atoms with van der Waals surface area (Å²) >= 11 is 0. The second-order valence-electron chi connectivity index (χ2n) is 3.49. The monoisotopic (exact) mass is 221 g/mol. The number of hydrazone groups is 1. The summed E-state index contributed by atoms with van der Waals surface area (Å²) in [4.78, 5) is 10.4. The van der Waals surface area contributed by atoms with Gasteiger partial charge in [-0.3, -0.25) is 0 Å². The molecule has 0 aliphatic heterocycles. The van der Waals surface area contributed by atoms with Crippen molar-refractivity contribution in [3.05, 3.63) is 29.8 Å². The number of carbonyl (C=O) groups excluding carboxylic acids is 1. The van der Waals surface area contributed by atoms with E-state index >= 15 is 0 Å². The normalized spacial score (nSPS) is 11.2. The van der Waals surface area contributed by atoms with Crippen LogP contribution in [0.3, 0.4) is 0 Å². The summed E-state index contributed by atoms with van der Waals surface area (Å²) in [5.74, 6) is 0.254. The molecule has 2 amide bonds. The van der Waals surface area contributed by atoms with Gasteiger partial charge < -0.3 is 10.8 Å². The molecule has 5 nitrogen and oxygen atoms in total. The third-order valence-corrected chi connectivity index (χ3v) is 2.07. The standard InChI is InChI=1S/C11H15N3O2/c1-8(13-14-11(12)16)2-3-9-4-6-10(15)7-5-9/h4-7,15H,2-3H2,1H3,(H3,12,14,16). The van der Waals surface area contributed by atoms with Gasteiger partial charge in [0.1, 0.15) is 5.75 Å². The number of aromatic hydroxyl groups is 1. The second kappa shape index (κ2) is 5.75. The van der Waals surface area contributed by atoms with Crippen molar-refractivity contribution in [2.45, 2.75) is 19.8 Å². The first kappa shape index (κ1) is 12.0. The third kappa shape index (κ3) is 4.45. The number of primary amides is 1. The van der Waals surface area contributed by atoms with Crippen molar-refractivity contribution < 1.29 is 9.90 Å². The van der Waals surface area contributed by atoms with E-state index in [0.29, 0.717) is 0 Å². The van der Waals surface area contributed by atoms with Crippen molar-refractivity contribution in [2.24, 2.45) is 10.8 Å². The van der Waals surface area contributed by atoms with Crippen LogP contribution in [0.2, 0.25) is 0 Å². The van der Waals surface area contributed by atoms with E-state index in [2.05, 4.69) is 10.5 Å². The van der Waals surface area contributed by atoms with E-state index < -0.39 is 6.03 Å². The lowest BCUT2D eigenvalue weighted by molar-refractivity contribution is 0.249. The van der Waals surface area contributed by atoms with Crippen molar-refractivity contribution in [2.75, 3.05) is 0 Å². The molecule has 0 spiro atoms. The predicted molar refractivity (Wildman–Crippen MR) is 62.3 cm³/mol. The first-order valence-corrected chi connectivity index (χ1v) is 4.94. The Morgan fingerprint density at radius 3 is 2.62 bits per heavy atom. The molecule has 1 rings (SSSR count). The van der Waals surface area contributed by atoms with Gasteiger partial charge in [0.25, 0.3) is 0 Å². The zero-order chi connectivity index (χ0) is 12.0. The summed E-state index contributed by atoms with van der Waals surface area (Å²) in [7, 11) is 0. The van der Waals surface area contributed by atoms with E-state index in [0.717, 1.165) is 24.1 Å². The van der Waals surface area contributed by atoms with E-state index in [-0.39, 0.29) is 5.75 Å². The zero-order valence-corrected chi connectivity index (χ0v) is 9.10. The number of rotatable bonds is 4. The average molecular weight is 221 g/mol. The fourth-order valence-corrected chi connectivity index (χ4v) is 1.19. The summed E-state index contributed by atoms with van der Waals surface area (Å²) in [6.07, 6.45) is 1.53. The van der Waals surface area contributed by atoms with Crippen molar-refractivity contribution in [3.8, 4) is 5.75 Å². The molecule has 0 bridgehead atoms. The van der Waals surface area contributed by atoms with Gasteiger partial charge in [-0.15, -0.1) is 0 Å². The molecule has 0 aliphatic carbocycles. The lowest BCUT2D eigenvalue weighted by Crippen LogP contribution is -2.25. The van der Waals surface area contributed by atoms with Crippen LogP contribution in [0.1, 0.15) is 18.9 Å². The van der Waals surface area contributed by atoms with Gasteiger partial charge in [-0.25, -0.2) is 10.2 Å². The van der Waals surface area contributed by atoms with Gasteiger partial charge in [0.15, 0.2) is 0 Å². The predicted octanol–water partition coefficient (Wildman–Crippen LogP) is 1.37. The van der Waals surface area contributed by atoms with E-state index in [1.165, 1.54) is 0 Å². The molecule has 0 radical (unpaired) electrons. The first-order chi connectivity index (χ1) is 7.58. The maximum atomic E-state index is 10.4. The van der Waals surface area contributed by atoms with Crippen LogP contribution in [0.15, 0.2) is 29.4 Å². The molecule has 86 valence electrons. The molecule has 0 atom stereocenters. The smallest absolute Gasteiger partial charge is 0.332 e. The van der Waals surface area contributed by atoms with Crippen LogP contribution in [0.5, 0.6) is 5.75 Å². The SMILES string of the molecule is CC(CCc1ccc(O)cc1)=NNC(N)=O. The Hall–Kier alpha value is -2.04. The lowest BCUT2D eigenvalue weighted by atomic mass is 10.1. The summed E-state index contributed by atoms with van der Waals surface area (Å²) in [6.45, 7) is 1.82. The highest BCUT2D eigenvalue weighted by Crippen LogP contribution is 2.11. The number of benzene rings is 1. The number of phenols is 1. The van der Waals surface area contributed by atoms with Crippen LogP contribution >= 0.6 is 0 Å². The van der Waals surface area contributed by atoms with Crippen molar-refractivity contribution in [3.63, 3.8) is 0 Å². The van der Waals surface area contributed by atoms with E-state index in [4.69, 9.17) is 10.8 Å². The fraction of sp³-hybridized carbons (Fsp3) is 0.273. The molecule has 0 aliphatic rings. The number of urea groups is 1. The maximum Gasteiger partial charge on any atom is 0.332 e. The average Bonchev–Trinajstić information content (AvgIpc) is 2.25. The number of aryl methyl sites for hydroxylation is 1. The van der Waals surface area contributed by atoms with Crippen molar-refractivity contribution in [1.29, 1.82) is 0 Å². The topological polar surface area (TPSA) is 87.7 Å². The van der Waals surface area contributed by atoms with Gasteiger partial charge in [0.05, 0.1) is 0 Å². The van der Waals surface area contributed by atoms with Crippen molar-refractivity contribution in [1.82, 2.24) is 5.43 Å². The van der Waals surface area contributed by atoms with Crippen LogP contribution in [0.4, 0.5) is 4.79 Å². The van der Waals surface area contributed by atoms with Gasteiger partial charge in [-0.05, 0) is 37.5 Å². The van der Waals surface area contributed by atoms with Gasteiger partial charge in [-0.2, -0.15) is 5.10 Å². The highest BCUT2D eigenvalue weighted by molar-refractivity contribution is 5.83. The Morgan fingerprint density at radius 1 is 1.44 bits per heavy atom. The van der Waals surface area contributed by atoms with Gasteiger partial charge in [0, 0.05) is 5.71 Å². The summed E-state index contributed by atoms with van der Waals surface area (Å²) in [5, 5.41) is 12.9. The maximum absolute atomic E-state index is 10.4. The molecule has 16 heavy (non-hydrogen) atoms.